The Morgan fingerprint density at radius 3 is 2.62 bits per heavy atom. The molecule has 0 unspecified atom stereocenters. The molecule has 0 spiro atoms. The Hall–Kier alpha value is -1.37. The molecule has 0 saturated carbocycles. The van der Waals surface area contributed by atoms with Crippen molar-refractivity contribution in [1.29, 1.82) is 5.26 Å². The number of nitro groups is 1. The summed E-state index contributed by atoms with van der Waals surface area (Å²) in [6.45, 7) is 1.38. The Morgan fingerprint density at radius 1 is 2.00 bits per heavy atom. The molecule has 0 heterocycles. The molecule has 0 aliphatic heterocycles. The van der Waals surface area contributed by atoms with Crippen LogP contribution >= 0.6 is 0 Å². The minimum absolute atomic E-state index is 0.106. The van der Waals surface area contributed by atoms with Crippen molar-refractivity contribution in [2.45, 2.75) is 6.92 Å². The molecule has 0 aliphatic carbocycles. The van der Waals surface area contributed by atoms with Gasteiger partial charge in [0.25, 0.3) is 0 Å². The summed E-state index contributed by atoms with van der Waals surface area (Å²) in [6.07, 6.45) is 0.667. The fourth-order valence-electron chi connectivity index (χ4n) is 0.187. The van der Waals surface area contributed by atoms with Crippen LogP contribution < -0.4 is 0 Å². The van der Waals surface area contributed by atoms with Crippen LogP contribution in [0.3, 0.4) is 0 Å². The van der Waals surface area contributed by atoms with Gasteiger partial charge in [0.15, 0.2) is 0 Å². The monoisotopic (exact) mass is 112 g/mol. The van der Waals surface area contributed by atoms with Crippen LogP contribution in [0.25, 0.3) is 0 Å². The van der Waals surface area contributed by atoms with Gasteiger partial charge in [0.05, 0.1) is 10.5 Å². The van der Waals surface area contributed by atoms with Crippen molar-refractivity contribution in [2.75, 3.05) is 0 Å². The Bertz CT molecular complexity index is 165. The van der Waals surface area contributed by atoms with E-state index in [-0.39, 0.29) is 5.57 Å². The van der Waals surface area contributed by atoms with Crippen LogP contribution in [0.5, 0.6) is 0 Å². The summed E-state index contributed by atoms with van der Waals surface area (Å²) in [4.78, 5) is 8.89. The average Bonchev–Trinajstić information content (AvgIpc) is 1.65. The molecule has 0 aromatic carbocycles. The van der Waals surface area contributed by atoms with Crippen LogP contribution in [-0.4, -0.2) is 4.92 Å². The average molecular weight is 112 g/mol. The van der Waals surface area contributed by atoms with Crippen LogP contribution in [0.4, 0.5) is 0 Å². The molecule has 0 N–H and O–H groups in total. The van der Waals surface area contributed by atoms with E-state index in [9.17, 15) is 10.1 Å². The lowest BCUT2D eigenvalue weighted by Crippen LogP contribution is -1.84. The first-order valence-electron chi connectivity index (χ1n) is 1.89. The summed E-state index contributed by atoms with van der Waals surface area (Å²) >= 11 is 0. The standard InChI is InChI=1S/C4H4N2O2/c1-4(2-5)3-6(7)8/h3H,1H3. The van der Waals surface area contributed by atoms with E-state index in [1.165, 1.54) is 6.92 Å². The third kappa shape index (κ3) is 2.85. The summed E-state index contributed by atoms with van der Waals surface area (Å²) < 4.78 is 0. The Labute approximate surface area is 46.2 Å². The van der Waals surface area contributed by atoms with Crippen molar-refractivity contribution < 1.29 is 4.92 Å². The third-order valence-corrected chi connectivity index (χ3v) is 0.475. The number of hydrogen-bond donors (Lipinski definition) is 0. The molecule has 42 valence electrons. The van der Waals surface area contributed by atoms with Crippen molar-refractivity contribution in [1.82, 2.24) is 0 Å². The normalized spacial score (nSPS) is 10.2. The molecule has 0 aromatic heterocycles. The van der Waals surface area contributed by atoms with Gasteiger partial charge in [-0.1, -0.05) is 0 Å². The number of nitrogens with zero attached hydrogens (tertiary/aromatic N) is 2. The first kappa shape index (κ1) is 6.63. The highest BCUT2D eigenvalue weighted by Gasteiger charge is 1.89. The largest absolute Gasteiger partial charge is 0.259 e. The van der Waals surface area contributed by atoms with E-state index in [0.717, 1.165) is 0 Å². The third-order valence-electron chi connectivity index (χ3n) is 0.475. The van der Waals surface area contributed by atoms with Crippen LogP contribution in [-0.2, 0) is 0 Å². The van der Waals surface area contributed by atoms with Gasteiger partial charge < -0.3 is 0 Å². The Kier molecular flexibility index (Phi) is 2.28. The molecule has 0 saturated heterocycles. The van der Waals surface area contributed by atoms with E-state index in [1.807, 2.05) is 0 Å². The molecule has 0 bridgehead atoms. The fourth-order valence-corrected chi connectivity index (χ4v) is 0.187. The number of allylic oxidation sites excluding steroid dienone is 1. The lowest BCUT2D eigenvalue weighted by Gasteiger charge is -1.75. The zero-order chi connectivity index (χ0) is 6.57. The Balaban J connectivity index is 4.01. The van der Waals surface area contributed by atoms with Crippen molar-refractivity contribution in [3.63, 3.8) is 0 Å². The molecule has 0 aliphatic rings. The van der Waals surface area contributed by atoms with Gasteiger partial charge in [-0.15, -0.1) is 0 Å². The van der Waals surface area contributed by atoms with Crippen molar-refractivity contribution in [2.24, 2.45) is 0 Å². The molecule has 8 heavy (non-hydrogen) atoms. The van der Waals surface area contributed by atoms with Gasteiger partial charge in [0.1, 0.15) is 6.07 Å². The van der Waals surface area contributed by atoms with E-state index in [0.29, 0.717) is 6.20 Å². The van der Waals surface area contributed by atoms with Crippen molar-refractivity contribution >= 4 is 0 Å². The quantitative estimate of drug-likeness (QED) is 0.284. The maximum absolute atomic E-state index is 9.55. The zero-order valence-electron chi connectivity index (χ0n) is 4.29. The second-order valence-corrected chi connectivity index (χ2v) is 1.21. The molecule has 0 radical (unpaired) electrons. The summed E-state index contributed by atoms with van der Waals surface area (Å²) in [5.41, 5.74) is 0.106. The molecule has 0 atom stereocenters. The van der Waals surface area contributed by atoms with Gasteiger partial charge in [-0.25, -0.2) is 0 Å². The summed E-state index contributed by atoms with van der Waals surface area (Å²) in [6, 6.07) is 1.62. The van der Waals surface area contributed by atoms with Gasteiger partial charge in [0.2, 0.25) is 6.20 Å². The lowest BCUT2D eigenvalue weighted by molar-refractivity contribution is -0.403. The molecule has 0 aromatic rings. The van der Waals surface area contributed by atoms with Gasteiger partial charge in [-0.05, 0) is 6.92 Å². The van der Waals surface area contributed by atoms with Crippen molar-refractivity contribution in [3.05, 3.63) is 21.9 Å². The molecular weight excluding hydrogens is 108 g/mol. The summed E-state index contributed by atoms with van der Waals surface area (Å²) in [7, 11) is 0. The van der Waals surface area contributed by atoms with E-state index < -0.39 is 4.92 Å². The maximum Gasteiger partial charge on any atom is 0.247 e. The predicted molar refractivity (Wildman–Crippen MR) is 26.4 cm³/mol. The molecular formula is C4H4N2O2. The molecule has 0 rings (SSSR count). The van der Waals surface area contributed by atoms with Crippen LogP contribution in [0.1, 0.15) is 6.92 Å². The number of rotatable bonds is 1. The SMILES string of the molecule is CC(C#N)=C[N+](=O)[O-]. The van der Waals surface area contributed by atoms with Crippen molar-refractivity contribution in [3.8, 4) is 6.07 Å². The maximum atomic E-state index is 9.55. The minimum atomic E-state index is -0.654. The highest BCUT2D eigenvalue weighted by Crippen LogP contribution is 1.86. The minimum Gasteiger partial charge on any atom is -0.259 e. The van der Waals surface area contributed by atoms with Crippen LogP contribution in [0.2, 0.25) is 0 Å². The van der Waals surface area contributed by atoms with Crippen LogP contribution in [0, 0.1) is 21.4 Å². The van der Waals surface area contributed by atoms with E-state index >= 15 is 0 Å². The highest BCUT2D eigenvalue weighted by molar-refractivity contribution is 5.13. The summed E-state index contributed by atoms with van der Waals surface area (Å²) in [5.74, 6) is 0. The Morgan fingerprint density at radius 2 is 2.50 bits per heavy atom. The molecule has 0 amide bonds. The van der Waals surface area contributed by atoms with Gasteiger partial charge >= 0.3 is 0 Å². The second-order valence-electron chi connectivity index (χ2n) is 1.21. The second kappa shape index (κ2) is 2.75. The first-order chi connectivity index (χ1) is 3.66. The molecule has 4 heteroatoms. The fraction of sp³-hybridized carbons (Fsp3) is 0.250. The van der Waals surface area contributed by atoms with E-state index in [2.05, 4.69) is 0 Å². The lowest BCUT2D eigenvalue weighted by atomic mass is 10.4. The van der Waals surface area contributed by atoms with Gasteiger partial charge in [-0.3, -0.25) is 10.1 Å². The highest BCUT2D eigenvalue weighted by atomic mass is 16.6. The first-order valence-corrected chi connectivity index (χ1v) is 1.89. The van der Waals surface area contributed by atoms with E-state index in [4.69, 9.17) is 5.26 Å². The topological polar surface area (TPSA) is 66.9 Å². The van der Waals surface area contributed by atoms with Gasteiger partial charge in [0, 0.05) is 0 Å². The smallest absolute Gasteiger partial charge is 0.247 e. The number of nitriles is 1. The predicted octanol–water partition coefficient (Wildman–Crippen LogP) is 0.690. The van der Waals surface area contributed by atoms with Gasteiger partial charge in [-0.2, -0.15) is 5.26 Å². The zero-order valence-corrected chi connectivity index (χ0v) is 4.29. The summed E-state index contributed by atoms with van der Waals surface area (Å²) in [5, 5.41) is 17.5. The molecule has 4 nitrogen and oxygen atoms in total. The number of hydrogen-bond acceptors (Lipinski definition) is 3. The van der Waals surface area contributed by atoms with Crippen LogP contribution in [0.15, 0.2) is 11.8 Å². The molecule has 0 fully saturated rings. The van der Waals surface area contributed by atoms with E-state index in [1.54, 1.807) is 6.07 Å².